The zero-order valence-electron chi connectivity index (χ0n) is 12.2. The van der Waals surface area contributed by atoms with Crippen LogP contribution in [-0.4, -0.2) is 32.8 Å². The summed E-state index contributed by atoms with van der Waals surface area (Å²) in [5.74, 6) is -1.44. The van der Waals surface area contributed by atoms with Crippen molar-refractivity contribution in [2.45, 2.75) is 40.7 Å². The number of carboxylic acids is 1. The van der Waals surface area contributed by atoms with E-state index in [0.717, 1.165) is 0 Å². The van der Waals surface area contributed by atoms with E-state index < -0.39 is 23.3 Å². The highest BCUT2D eigenvalue weighted by Gasteiger charge is 2.33. The summed E-state index contributed by atoms with van der Waals surface area (Å²) in [6, 6.07) is -0.945. The molecular weight excluding hydrogens is 246 g/mol. The molecule has 0 saturated heterocycles. The number of rotatable bonds is 3. The quantitative estimate of drug-likeness (QED) is 0.863. The van der Waals surface area contributed by atoms with E-state index in [1.54, 1.807) is 46.3 Å². The van der Waals surface area contributed by atoms with Crippen molar-refractivity contribution in [3.63, 3.8) is 0 Å². The summed E-state index contributed by atoms with van der Waals surface area (Å²) >= 11 is 0. The molecule has 1 heterocycles. The molecule has 0 aliphatic heterocycles. The Morgan fingerprint density at radius 2 is 1.84 bits per heavy atom. The number of aromatic nitrogens is 2. The maximum Gasteiger partial charge on any atom is 0.326 e. The fraction of sp³-hybridized carbons (Fsp3) is 0.615. The third-order valence-corrected chi connectivity index (χ3v) is 3.12. The zero-order valence-corrected chi connectivity index (χ0v) is 12.2. The SMILES string of the molecule is Cc1nn(C)c(C)c1C(=O)NC(C(=O)O)C(C)(C)C. The number of carbonyl (C=O) groups is 2. The fourth-order valence-corrected chi connectivity index (χ4v) is 1.95. The molecule has 6 heteroatoms. The number of hydrogen-bond donors (Lipinski definition) is 2. The Morgan fingerprint density at radius 1 is 1.32 bits per heavy atom. The second-order valence-electron chi connectivity index (χ2n) is 5.78. The molecule has 1 atom stereocenters. The summed E-state index contributed by atoms with van der Waals surface area (Å²) in [7, 11) is 1.75. The largest absolute Gasteiger partial charge is 0.480 e. The van der Waals surface area contributed by atoms with Gasteiger partial charge in [-0.2, -0.15) is 5.10 Å². The molecule has 0 fully saturated rings. The maximum atomic E-state index is 12.2. The second-order valence-corrected chi connectivity index (χ2v) is 5.78. The van der Waals surface area contributed by atoms with Gasteiger partial charge in [0.2, 0.25) is 0 Å². The molecule has 0 saturated carbocycles. The van der Waals surface area contributed by atoms with Crippen LogP contribution in [0.1, 0.15) is 42.5 Å². The van der Waals surface area contributed by atoms with Crippen LogP contribution in [0, 0.1) is 19.3 Å². The van der Waals surface area contributed by atoms with Crippen molar-refractivity contribution in [1.82, 2.24) is 15.1 Å². The van der Waals surface area contributed by atoms with Crippen LogP contribution in [0.2, 0.25) is 0 Å². The van der Waals surface area contributed by atoms with Crippen molar-refractivity contribution in [3.8, 4) is 0 Å². The van der Waals surface area contributed by atoms with Crippen LogP contribution < -0.4 is 5.32 Å². The van der Waals surface area contributed by atoms with E-state index in [1.807, 2.05) is 0 Å². The van der Waals surface area contributed by atoms with Gasteiger partial charge in [-0.3, -0.25) is 9.48 Å². The first kappa shape index (κ1) is 15.2. The van der Waals surface area contributed by atoms with Crippen LogP contribution in [-0.2, 0) is 11.8 Å². The number of aryl methyl sites for hydroxylation is 2. The molecule has 1 aromatic rings. The van der Waals surface area contributed by atoms with Crippen LogP contribution >= 0.6 is 0 Å². The Balaban J connectivity index is 3.05. The Hall–Kier alpha value is -1.85. The van der Waals surface area contributed by atoms with Gasteiger partial charge in [-0.15, -0.1) is 0 Å². The van der Waals surface area contributed by atoms with E-state index in [1.165, 1.54) is 0 Å². The predicted octanol–water partition coefficient (Wildman–Crippen LogP) is 1.27. The second kappa shape index (κ2) is 5.03. The number of amides is 1. The molecule has 1 rings (SSSR count). The van der Waals surface area contributed by atoms with Crippen molar-refractivity contribution < 1.29 is 14.7 Å². The monoisotopic (exact) mass is 267 g/mol. The summed E-state index contributed by atoms with van der Waals surface area (Å²) < 4.78 is 1.61. The molecule has 0 aliphatic rings. The third kappa shape index (κ3) is 3.13. The lowest BCUT2D eigenvalue weighted by atomic mass is 9.86. The Kier molecular flexibility index (Phi) is 4.03. The van der Waals surface area contributed by atoms with E-state index in [4.69, 9.17) is 0 Å². The van der Waals surface area contributed by atoms with Gasteiger partial charge in [0.25, 0.3) is 5.91 Å². The number of nitrogens with one attached hydrogen (secondary N) is 1. The molecule has 0 radical (unpaired) electrons. The molecule has 2 N–H and O–H groups in total. The minimum Gasteiger partial charge on any atom is -0.480 e. The Morgan fingerprint density at radius 3 is 2.16 bits per heavy atom. The smallest absolute Gasteiger partial charge is 0.326 e. The van der Waals surface area contributed by atoms with Crippen LogP contribution in [0.4, 0.5) is 0 Å². The van der Waals surface area contributed by atoms with Crippen LogP contribution in [0.15, 0.2) is 0 Å². The molecule has 6 nitrogen and oxygen atoms in total. The van der Waals surface area contributed by atoms with Gasteiger partial charge in [0, 0.05) is 12.7 Å². The van der Waals surface area contributed by atoms with E-state index in [2.05, 4.69) is 10.4 Å². The molecule has 0 aromatic carbocycles. The van der Waals surface area contributed by atoms with Crippen LogP contribution in [0.3, 0.4) is 0 Å². The average Bonchev–Trinajstić information content (AvgIpc) is 2.47. The van der Waals surface area contributed by atoms with Gasteiger partial charge in [0.15, 0.2) is 0 Å². The summed E-state index contributed by atoms with van der Waals surface area (Å²) in [5, 5.41) is 15.9. The lowest BCUT2D eigenvalue weighted by molar-refractivity contribution is -0.142. The molecule has 0 aliphatic carbocycles. The fourth-order valence-electron chi connectivity index (χ4n) is 1.95. The molecule has 19 heavy (non-hydrogen) atoms. The van der Waals surface area contributed by atoms with Crippen molar-refractivity contribution >= 4 is 11.9 Å². The summed E-state index contributed by atoms with van der Waals surface area (Å²) in [5.41, 5.74) is 1.19. The molecule has 106 valence electrons. The lowest BCUT2D eigenvalue weighted by Crippen LogP contribution is -2.49. The summed E-state index contributed by atoms with van der Waals surface area (Å²) in [6.45, 7) is 8.83. The molecule has 1 amide bonds. The van der Waals surface area contributed by atoms with Gasteiger partial charge < -0.3 is 10.4 Å². The van der Waals surface area contributed by atoms with Crippen molar-refractivity contribution in [1.29, 1.82) is 0 Å². The third-order valence-electron chi connectivity index (χ3n) is 3.12. The Bertz CT molecular complexity index is 512. The van der Waals surface area contributed by atoms with Gasteiger partial charge in [-0.25, -0.2) is 4.79 Å². The van der Waals surface area contributed by atoms with Gasteiger partial charge in [-0.05, 0) is 19.3 Å². The molecule has 1 unspecified atom stereocenters. The predicted molar refractivity (Wildman–Crippen MR) is 71.0 cm³/mol. The first-order valence-electron chi connectivity index (χ1n) is 6.09. The highest BCUT2D eigenvalue weighted by Crippen LogP contribution is 2.21. The first-order chi connectivity index (χ1) is 8.55. The molecule has 0 bridgehead atoms. The molecule has 1 aromatic heterocycles. The highest BCUT2D eigenvalue weighted by atomic mass is 16.4. The Labute approximate surface area is 112 Å². The van der Waals surface area contributed by atoms with E-state index >= 15 is 0 Å². The maximum absolute atomic E-state index is 12.2. The van der Waals surface area contributed by atoms with Crippen molar-refractivity contribution in [2.24, 2.45) is 12.5 Å². The van der Waals surface area contributed by atoms with Crippen LogP contribution in [0.5, 0.6) is 0 Å². The number of carbonyl (C=O) groups excluding carboxylic acids is 1. The lowest BCUT2D eigenvalue weighted by Gasteiger charge is -2.27. The van der Waals surface area contributed by atoms with E-state index in [0.29, 0.717) is 17.0 Å². The zero-order chi connectivity index (χ0) is 15.0. The number of nitrogens with zero attached hydrogens (tertiary/aromatic N) is 2. The standard InChI is InChI=1S/C13H21N3O3/c1-7-9(8(2)16(6)15-7)11(17)14-10(12(18)19)13(3,4)5/h10H,1-6H3,(H,14,17)(H,18,19). The number of hydrogen-bond acceptors (Lipinski definition) is 3. The van der Waals surface area contributed by atoms with Crippen LogP contribution in [0.25, 0.3) is 0 Å². The molecule has 0 spiro atoms. The normalized spacial score (nSPS) is 13.2. The minimum atomic E-state index is -1.04. The van der Waals surface area contributed by atoms with Crippen molar-refractivity contribution in [3.05, 3.63) is 17.0 Å². The van der Waals surface area contributed by atoms with E-state index in [9.17, 15) is 14.7 Å². The summed E-state index contributed by atoms with van der Waals surface area (Å²) in [4.78, 5) is 23.5. The average molecular weight is 267 g/mol. The van der Waals surface area contributed by atoms with Crippen molar-refractivity contribution in [2.75, 3.05) is 0 Å². The first-order valence-corrected chi connectivity index (χ1v) is 6.09. The van der Waals surface area contributed by atoms with Gasteiger partial charge in [0.05, 0.1) is 11.3 Å². The number of carboxylic acid groups (broad SMARTS) is 1. The highest BCUT2D eigenvalue weighted by molar-refractivity contribution is 5.98. The van der Waals surface area contributed by atoms with Gasteiger partial charge in [0.1, 0.15) is 6.04 Å². The summed E-state index contributed by atoms with van der Waals surface area (Å²) in [6.07, 6.45) is 0. The topological polar surface area (TPSA) is 84.2 Å². The van der Waals surface area contributed by atoms with E-state index in [-0.39, 0.29) is 0 Å². The van der Waals surface area contributed by atoms with Gasteiger partial charge >= 0.3 is 5.97 Å². The molecular formula is C13H21N3O3. The number of aliphatic carboxylic acids is 1. The van der Waals surface area contributed by atoms with Gasteiger partial charge in [-0.1, -0.05) is 20.8 Å². The minimum absolute atomic E-state index is 0.398.